The Labute approximate surface area is 112 Å². The van der Waals surface area contributed by atoms with E-state index in [1.165, 1.54) is 0 Å². The molecule has 1 aromatic heterocycles. The lowest BCUT2D eigenvalue weighted by atomic mass is 10.3. The van der Waals surface area contributed by atoms with Gasteiger partial charge in [-0.3, -0.25) is 9.69 Å². The molecule has 0 saturated carbocycles. The van der Waals surface area contributed by atoms with Crippen LogP contribution in [-0.2, 0) is 0 Å². The van der Waals surface area contributed by atoms with E-state index in [4.69, 9.17) is 16.0 Å². The molecule has 1 aliphatic heterocycles. The number of amides is 1. The molecule has 0 atom stereocenters. The third-order valence-electron chi connectivity index (χ3n) is 3.01. The Bertz CT molecular complexity index is 448. The Hall–Kier alpha value is -1.26. The molecule has 0 N–H and O–H groups in total. The first-order valence-electron chi connectivity index (χ1n) is 5.97. The molecule has 0 spiro atoms. The highest BCUT2D eigenvalue weighted by atomic mass is 35.5. The van der Waals surface area contributed by atoms with Crippen molar-refractivity contribution in [1.82, 2.24) is 9.80 Å². The lowest BCUT2D eigenvalue weighted by Gasteiger charge is -2.34. The normalized spacial score (nSPS) is 16.9. The van der Waals surface area contributed by atoms with Gasteiger partial charge in [-0.25, -0.2) is 0 Å². The molecule has 5 heteroatoms. The fourth-order valence-corrected chi connectivity index (χ4v) is 2.23. The van der Waals surface area contributed by atoms with Crippen LogP contribution in [0.15, 0.2) is 28.2 Å². The lowest BCUT2D eigenvalue weighted by Crippen LogP contribution is -2.48. The maximum absolute atomic E-state index is 12.1. The zero-order valence-electron chi connectivity index (χ0n) is 10.5. The highest BCUT2D eigenvalue weighted by Crippen LogP contribution is 2.12. The van der Waals surface area contributed by atoms with Gasteiger partial charge in [0.25, 0.3) is 5.91 Å². The van der Waals surface area contributed by atoms with E-state index in [-0.39, 0.29) is 5.91 Å². The van der Waals surface area contributed by atoms with Crippen molar-refractivity contribution in [2.24, 2.45) is 0 Å². The summed E-state index contributed by atoms with van der Waals surface area (Å²) in [5.41, 5.74) is 0. The summed E-state index contributed by atoms with van der Waals surface area (Å²) in [6.07, 6.45) is 0. The standard InChI is InChI=1S/C13H17ClN2O2/c1-10(14)9-15-5-7-16(8-6-15)13(17)12-4-3-11(2)18-12/h3-4H,1,5-9H2,2H3. The van der Waals surface area contributed by atoms with E-state index in [0.29, 0.717) is 30.4 Å². The van der Waals surface area contributed by atoms with Gasteiger partial charge in [-0.2, -0.15) is 0 Å². The van der Waals surface area contributed by atoms with Crippen LogP contribution >= 0.6 is 11.6 Å². The average molecular weight is 269 g/mol. The summed E-state index contributed by atoms with van der Waals surface area (Å²) in [5.74, 6) is 1.14. The molecule has 0 bridgehead atoms. The SMILES string of the molecule is C=C(Cl)CN1CCN(C(=O)c2ccc(C)o2)CC1. The average Bonchev–Trinajstić information content (AvgIpc) is 2.75. The van der Waals surface area contributed by atoms with Crippen LogP contribution in [0, 0.1) is 6.92 Å². The van der Waals surface area contributed by atoms with Crippen molar-refractivity contribution >= 4 is 17.5 Å². The molecule has 2 rings (SSSR count). The zero-order chi connectivity index (χ0) is 13.1. The third-order valence-corrected chi connectivity index (χ3v) is 3.13. The molecule has 0 aliphatic carbocycles. The monoisotopic (exact) mass is 268 g/mol. The van der Waals surface area contributed by atoms with Crippen molar-refractivity contribution in [3.63, 3.8) is 0 Å². The number of carbonyl (C=O) groups is 1. The molecular formula is C13H17ClN2O2. The van der Waals surface area contributed by atoms with Crippen molar-refractivity contribution in [1.29, 1.82) is 0 Å². The van der Waals surface area contributed by atoms with E-state index in [0.717, 1.165) is 18.8 Å². The van der Waals surface area contributed by atoms with Gasteiger partial charge < -0.3 is 9.32 Å². The van der Waals surface area contributed by atoms with Crippen LogP contribution in [0.25, 0.3) is 0 Å². The minimum atomic E-state index is -0.0348. The smallest absolute Gasteiger partial charge is 0.289 e. The van der Waals surface area contributed by atoms with Gasteiger partial charge in [0.05, 0.1) is 0 Å². The van der Waals surface area contributed by atoms with Crippen LogP contribution in [0.2, 0.25) is 0 Å². The Kier molecular flexibility index (Phi) is 4.09. The summed E-state index contributed by atoms with van der Waals surface area (Å²) in [7, 11) is 0. The number of rotatable bonds is 3. The summed E-state index contributed by atoms with van der Waals surface area (Å²) in [6, 6.07) is 3.53. The highest BCUT2D eigenvalue weighted by molar-refractivity contribution is 6.29. The Morgan fingerprint density at radius 2 is 2.06 bits per heavy atom. The van der Waals surface area contributed by atoms with Crippen molar-refractivity contribution in [3.8, 4) is 0 Å². The summed E-state index contributed by atoms with van der Waals surface area (Å²) in [4.78, 5) is 16.1. The second-order valence-electron chi connectivity index (χ2n) is 4.50. The molecule has 98 valence electrons. The summed E-state index contributed by atoms with van der Waals surface area (Å²) in [5, 5.41) is 0.636. The topological polar surface area (TPSA) is 36.7 Å². The second kappa shape index (κ2) is 5.59. The molecule has 18 heavy (non-hydrogen) atoms. The number of furan rings is 1. The number of hydrogen-bond acceptors (Lipinski definition) is 3. The van der Waals surface area contributed by atoms with E-state index < -0.39 is 0 Å². The number of piperazine rings is 1. The molecule has 1 amide bonds. The summed E-state index contributed by atoms with van der Waals surface area (Å²) < 4.78 is 5.35. The molecule has 1 aromatic rings. The number of hydrogen-bond donors (Lipinski definition) is 0. The first-order chi connectivity index (χ1) is 8.56. The molecule has 0 radical (unpaired) electrons. The quantitative estimate of drug-likeness (QED) is 0.842. The number of aryl methyl sites for hydroxylation is 1. The van der Waals surface area contributed by atoms with Gasteiger partial charge in [0.1, 0.15) is 5.76 Å². The minimum absolute atomic E-state index is 0.0348. The van der Waals surface area contributed by atoms with Gasteiger partial charge >= 0.3 is 0 Å². The molecule has 4 nitrogen and oxygen atoms in total. The first kappa shape index (κ1) is 13.2. The molecule has 0 aromatic carbocycles. The van der Waals surface area contributed by atoms with Crippen molar-refractivity contribution < 1.29 is 9.21 Å². The number of halogens is 1. The maximum atomic E-state index is 12.1. The van der Waals surface area contributed by atoms with Crippen molar-refractivity contribution in [3.05, 3.63) is 35.3 Å². The zero-order valence-corrected chi connectivity index (χ0v) is 11.2. The van der Waals surface area contributed by atoms with E-state index in [1.54, 1.807) is 12.1 Å². The highest BCUT2D eigenvalue weighted by Gasteiger charge is 2.23. The van der Waals surface area contributed by atoms with E-state index in [1.807, 2.05) is 11.8 Å². The molecule has 1 aliphatic rings. The summed E-state index contributed by atoms with van der Waals surface area (Å²) in [6.45, 7) is 9.23. The predicted molar refractivity (Wildman–Crippen MR) is 70.8 cm³/mol. The van der Waals surface area contributed by atoms with Gasteiger partial charge in [0.2, 0.25) is 0 Å². The maximum Gasteiger partial charge on any atom is 0.289 e. The van der Waals surface area contributed by atoms with Crippen LogP contribution in [0.5, 0.6) is 0 Å². The Morgan fingerprint density at radius 1 is 1.39 bits per heavy atom. The van der Waals surface area contributed by atoms with E-state index in [2.05, 4.69) is 11.5 Å². The number of carbonyl (C=O) groups excluding carboxylic acids is 1. The van der Waals surface area contributed by atoms with E-state index >= 15 is 0 Å². The van der Waals surface area contributed by atoms with Crippen molar-refractivity contribution in [2.75, 3.05) is 32.7 Å². The van der Waals surface area contributed by atoms with Gasteiger partial charge in [-0.05, 0) is 19.1 Å². The van der Waals surface area contributed by atoms with Gasteiger partial charge in [0.15, 0.2) is 5.76 Å². The summed E-state index contributed by atoms with van der Waals surface area (Å²) >= 11 is 5.78. The lowest BCUT2D eigenvalue weighted by molar-refractivity contribution is 0.0617. The van der Waals surface area contributed by atoms with E-state index in [9.17, 15) is 4.79 Å². The Balaban J connectivity index is 1.90. The van der Waals surface area contributed by atoms with Crippen LogP contribution in [0.3, 0.4) is 0 Å². The largest absolute Gasteiger partial charge is 0.456 e. The van der Waals surface area contributed by atoms with Gasteiger partial charge in [-0.15, -0.1) is 0 Å². The number of nitrogens with zero attached hydrogens (tertiary/aromatic N) is 2. The molecule has 1 fully saturated rings. The molecule has 2 heterocycles. The first-order valence-corrected chi connectivity index (χ1v) is 6.35. The third kappa shape index (κ3) is 3.15. The minimum Gasteiger partial charge on any atom is -0.456 e. The Morgan fingerprint density at radius 3 is 2.56 bits per heavy atom. The second-order valence-corrected chi connectivity index (χ2v) is 5.03. The van der Waals surface area contributed by atoms with Crippen molar-refractivity contribution in [2.45, 2.75) is 6.92 Å². The van der Waals surface area contributed by atoms with Crippen LogP contribution in [0.1, 0.15) is 16.3 Å². The fraction of sp³-hybridized carbons (Fsp3) is 0.462. The van der Waals surface area contributed by atoms with Gasteiger partial charge in [0, 0.05) is 37.8 Å². The molecule has 0 unspecified atom stereocenters. The molecular weight excluding hydrogens is 252 g/mol. The van der Waals surface area contributed by atoms with Crippen LogP contribution in [0.4, 0.5) is 0 Å². The van der Waals surface area contributed by atoms with Crippen LogP contribution in [-0.4, -0.2) is 48.4 Å². The molecule has 1 saturated heterocycles. The van der Waals surface area contributed by atoms with Gasteiger partial charge in [-0.1, -0.05) is 18.2 Å². The van der Waals surface area contributed by atoms with Crippen LogP contribution < -0.4 is 0 Å². The predicted octanol–water partition coefficient (Wildman–Crippen LogP) is 2.10. The fourth-order valence-electron chi connectivity index (χ4n) is 2.06.